The molecule has 0 unspecified atom stereocenters. The molecule has 0 N–H and O–H groups in total. The van der Waals surface area contributed by atoms with Gasteiger partial charge in [-0.25, -0.2) is 4.98 Å². The molecule has 0 aliphatic rings. The molecule has 0 amide bonds. The van der Waals surface area contributed by atoms with E-state index in [1.165, 1.54) is 0 Å². The number of aromatic nitrogens is 2. The first-order chi connectivity index (χ1) is 9.65. The normalized spacial score (nSPS) is 11.8. The molecule has 0 saturated carbocycles. The fourth-order valence-corrected chi connectivity index (χ4v) is 2.40. The zero-order chi connectivity index (χ0) is 14.5. The summed E-state index contributed by atoms with van der Waals surface area (Å²) in [7, 11) is 0. The Hall–Kier alpha value is -1.51. The van der Waals surface area contributed by atoms with Gasteiger partial charge in [0.25, 0.3) is 0 Å². The van der Waals surface area contributed by atoms with Gasteiger partial charge in [0.05, 0.1) is 10.7 Å². The number of rotatable bonds is 4. The van der Waals surface area contributed by atoms with Gasteiger partial charge in [-0.2, -0.15) is 0 Å². The van der Waals surface area contributed by atoms with Crippen molar-refractivity contribution in [3.8, 4) is 11.3 Å². The molecule has 1 aromatic carbocycles. The summed E-state index contributed by atoms with van der Waals surface area (Å²) in [6.07, 6.45) is 9.92. The van der Waals surface area contributed by atoms with Crippen molar-refractivity contribution in [2.24, 2.45) is 0 Å². The third kappa shape index (κ3) is 3.33. The molecule has 2 rings (SSSR count). The van der Waals surface area contributed by atoms with Crippen LogP contribution >= 0.6 is 23.2 Å². The maximum atomic E-state index is 6.23. The number of hydrogen-bond donors (Lipinski definition) is 0. The van der Waals surface area contributed by atoms with Crippen molar-refractivity contribution in [3.05, 3.63) is 58.5 Å². The maximum Gasteiger partial charge on any atom is 0.133 e. The largest absolute Gasteiger partial charge is 0.331 e. The van der Waals surface area contributed by atoms with Gasteiger partial charge in [-0.05, 0) is 38.1 Å². The maximum absolute atomic E-state index is 6.23. The molecule has 0 radical (unpaired) electrons. The van der Waals surface area contributed by atoms with E-state index in [1.807, 2.05) is 49.6 Å². The second-order valence-electron chi connectivity index (χ2n) is 4.28. The van der Waals surface area contributed by atoms with Crippen LogP contribution < -0.4 is 0 Å². The summed E-state index contributed by atoms with van der Waals surface area (Å²) in [5, 5.41) is 1.24. The van der Waals surface area contributed by atoms with Crippen LogP contribution in [-0.4, -0.2) is 9.55 Å². The van der Waals surface area contributed by atoms with E-state index < -0.39 is 0 Å². The zero-order valence-corrected chi connectivity index (χ0v) is 13.0. The van der Waals surface area contributed by atoms with Crippen LogP contribution in [0, 0.1) is 0 Å². The molecule has 0 fully saturated rings. The summed E-state index contributed by atoms with van der Waals surface area (Å²) in [6, 6.07) is 5.45. The van der Waals surface area contributed by atoms with Gasteiger partial charge in [-0.15, -0.1) is 0 Å². The Morgan fingerprint density at radius 3 is 2.70 bits per heavy atom. The van der Waals surface area contributed by atoms with Crippen molar-refractivity contribution >= 4 is 29.3 Å². The first-order valence-electron chi connectivity index (χ1n) is 6.47. The highest BCUT2D eigenvalue weighted by atomic mass is 35.5. The minimum Gasteiger partial charge on any atom is -0.331 e. The van der Waals surface area contributed by atoms with Gasteiger partial charge < -0.3 is 4.57 Å². The predicted octanol–water partition coefficient (Wildman–Crippen LogP) is 5.47. The molecule has 104 valence electrons. The Bertz CT molecular complexity index is 654. The van der Waals surface area contributed by atoms with Crippen LogP contribution in [-0.2, 0) is 6.54 Å². The lowest BCUT2D eigenvalue weighted by Gasteiger charge is -2.00. The SMILES string of the molecule is C/C=C/C=C/c1nc(-c2ccc(Cl)cc2Cl)cn1CC. The van der Waals surface area contributed by atoms with Crippen LogP contribution in [0.3, 0.4) is 0 Å². The smallest absolute Gasteiger partial charge is 0.133 e. The number of allylic oxidation sites excluding steroid dienone is 3. The van der Waals surface area contributed by atoms with Crippen LogP contribution in [0.15, 0.2) is 42.6 Å². The molecule has 2 nitrogen and oxygen atoms in total. The third-order valence-electron chi connectivity index (χ3n) is 2.90. The van der Waals surface area contributed by atoms with Gasteiger partial charge in [0, 0.05) is 23.3 Å². The summed E-state index contributed by atoms with van der Waals surface area (Å²) in [6.45, 7) is 4.92. The molecular formula is C16H16Cl2N2. The average molecular weight is 307 g/mol. The molecule has 0 spiro atoms. The molecule has 1 aromatic heterocycles. The molecule has 4 heteroatoms. The van der Waals surface area contributed by atoms with Crippen LogP contribution in [0.5, 0.6) is 0 Å². The number of benzene rings is 1. The minimum absolute atomic E-state index is 0.613. The van der Waals surface area contributed by atoms with Gasteiger partial charge in [0.15, 0.2) is 0 Å². The van der Waals surface area contributed by atoms with E-state index in [-0.39, 0.29) is 0 Å². The Labute approximate surface area is 129 Å². The van der Waals surface area contributed by atoms with Gasteiger partial charge >= 0.3 is 0 Å². The van der Waals surface area contributed by atoms with Crippen LogP contribution in [0.2, 0.25) is 10.0 Å². The first kappa shape index (κ1) is 14.9. The monoisotopic (exact) mass is 306 g/mol. The fourth-order valence-electron chi connectivity index (χ4n) is 1.90. The second-order valence-corrected chi connectivity index (χ2v) is 5.12. The van der Waals surface area contributed by atoms with E-state index in [0.29, 0.717) is 10.0 Å². The Morgan fingerprint density at radius 2 is 2.05 bits per heavy atom. The Kier molecular flexibility index (Phi) is 5.05. The van der Waals surface area contributed by atoms with Crippen molar-refractivity contribution in [3.63, 3.8) is 0 Å². The van der Waals surface area contributed by atoms with Crippen molar-refractivity contribution in [1.29, 1.82) is 0 Å². The lowest BCUT2D eigenvalue weighted by atomic mass is 10.2. The standard InChI is InChI=1S/C16H16Cl2N2/c1-3-5-6-7-16-19-15(11-20(16)4-2)13-9-8-12(17)10-14(13)18/h3,5-11H,4H2,1-2H3/b5-3+,7-6+. The summed E-state index contributed by atoms with van der Waals surface area (Å²) in [5.41, 5.74) is 1.75. The Balaban J connectivity index is 2.43. The van der Waals surface area contributed by atoms with E-state index in [0.717, 1.165) is 23.6 Å². The molecule has 1 heterocycles. The molecular weight excluding hydrogens is 291 g/mol. The quantitative estimate of drug-likeness (QED) is 0.685. The topological polar surface area (TPSA) is 17.8 Å². The van der Waals surface area contributed by atoms with Crippen LogP contribution in [0.25, 0.3) is 17.3 Å². The van der Waals surface area contributed by atoms with Gasteiger partial charge in [-0.1, -0.05) is 41.4 Å². The molecule has 0 aliphatic heterocycles. The van der Waals surface area contributed by atoms with E-state index in [9.17, 15) is 0 Å². The summed E-state index contributed by atoms with van der Waals surface area (Å²) in [5.74, 6) is 0.909. The highest BCUT2D eigenvalue weighted by molar-refractivity contribution is 6.36. The first-order valence-corrected chi connectivity index (χ1v) is 7.23. The number of halogens is 2. The summed E-state index contributed by atoms with van der Waals surface area (Å²) < 4.78 is 2.08. The lowest BCUT2D eigenvalue weighted by molar-refractivity contribution is 0.752. The number of nitrogens with zero attached hydrogens (tertiary/aromatic N) is 2. The minimum atomic E-state index is 0.613. The number of imidazole rings is 1. The fraction of sp³-hybridized carbons (Fsp3) is 0.188. The summed E-state index contributed by atoms with van der Waals surface area (Å²) in [4.78, 5) is 4.63. The highest BCUT2D eigenvalue weighted by Crippen LogP contribution is 2.29. The van der Waals surface area contributed by atoms with E-state index in [1.54, 1.807) is 6.07 Å². The van der Waals surface area contributed by atoms with Crippen LogP contribution in [0.1, 0.15) is 19.7 Å². The molecule has 20 heavy (non-hydrogen) atoms. The number of hydrogen-bond acceptors (Lipinski definition) is 1. The second kappa shape index (κ2) is 6.78. The molecule has 0 saturated heterocycles. The molecule has 2 aromatic rings. The van der Waals surface area contributed by atoms with Gasteiger partial charge in [0.1, 0.15) is 5.82 Å². The van der Waals surface area contributed by atoms with Crippen LogP contribution in [0.4, 0.5) is 0 Å². The van der Waals surface area contributed by atoms with Gasteiger partial charge in [-0.3, -0.25) is 0 Å². The van der Waals surface area contributed by atoms with E-state index in [4.69, 9.17) is 23.2 Å². The Morgan fingerprint density at radius 1 is 1.25 bits per heavy atom. The average Bonchev–Trinajstić information content (AvgIpc) is 2.82. The van der Waals surface area contributed by atoms with E-state index in [2.05, 4.69) is 16.5 Å². The third-order valence-corrected chi connectivity index (χ3v) is 3.45. The zero-order valence-electron chi connectivity index (χ0n) is 11.5. The predicted molar refractivity (Wildman–Crippen MR) is 87.2 cm³/mol. The molecule has 0 atom stereocenters. The van der Waals surface area contributed by atoms with Crippen molar-refractivity contribution in [2.45, 2.75) is 20.4 Å². The number of aryl methyl sites for hydroxylation is 1. The summed E-state index contributed by atoms with van der Waals surface area (Å²) >= 11 is 12.2. The lowest BCUT2D eigenvalue weighted by Crippen LogP contribution is -1.94. The van der Waals surface area contributed by atoms with Crippen molar-refractivity contribution in [2.75, 3.05) is 0 Å². The van der Waals surface area contributed by atoms with Crippen molar-refractivity contribution in [1.82, 2.24) is 9.55 Å². The highest BCUT2D eigenvalue weighted by Gasteiger charge is 2.10. The van der Waals surface area contributed by atoms with E-state index >= 15 is 0 Å². The van der Waals surface area contributed by atoms with Crippen molar-refractivity contribution < 1.29 is 0 Å². The van der Waals surface area contributed by atoms with Gasteiger partial charge in [0.2, 0.25) is 0 Å². The molecule has 0 aliphatic carbocycles. The molecule has 0 bridgehead atoms.